The standard InChI is InChI=1S/C16H26N2O.ClH/c1-13-10-15(5-6-16(13)19-2)12-18-9-3-4-14(11-18)7-8-17;/h5-6,10,14H,3-4,7-9,11-12,17H2,1-2H3;1H. The maximum atomic E-state index is 5.68. The summed E-state index contributed by atoms with van der Waals surface area (Å²) < 4.78 is 5.31. The van der Waals surface area contributed by atoms with Crippen molar-refractivity contribution in [3.8, 4) is 5.75 Å². The summed E-state index contributed by atoms with van der Waals surface area (Å²) in [4.78, 5) is 2.56. The van der Waals surface area contributed by atoms with Crippen molar-refractivity contribution in [1.82, 2.24) is 4.90 Å². The number of hydrogen-bond donors (Lipinski definition) is 1. The molecule has 3 nitrogen and oxygen atoms in total. The topological polar surface area (TPSA) is 38.5 Å². The summed E-state index contributed by atoms with van der Waals surface area (Å²) in [7, 11) is 1.73. The number of halogens is 1. The first-order valence-corrected chi connectivity index (χ1v) is 7.29. The van der Waals surface area contributed by atoms with Gasteiger partial charge < -0.3 is 10.5 Å². The second-order valence-electron chi connectivity index (χ2n) is 5.62. The molecular weight excluding hydrogens is 272 g/mol. The van der Waals surface area contributed by atoms with Gasteiger partial charge in [-0.25, -0.2) is 0 Å². The third-order valence-corrected chi connectivity index (χ3v) is 4.04. The Morgan fingerprint density at radius 2 is 2.20 bits per heavy atom. The number of hydrogen-bond acceptors (Lipinski definition) is 3. The van der Waals surface area contributed by atoms with Gasteiger partial charge in [0, 0.05) is 13.1 Å². The van der Waals surface area contributed by atoms with Crippen LogP contribution >= 0.6 is 12.4 Å². The predicted octanol–water partition coefficient (Wildman–Crippen LogP) is 2.99. The van der Waals surface area contributed by atoms with Crippen molar-refractivity contribution < 1.29 is 4.74 Å². The van der Waals surface area contributed by atoms with Gasteiger partial charge in [-0.2, -0.15) is 0 Å². The Bertz CT molecular complexity index is 409. The number of benzene rings is 1. The molecule has 1 aromatic rings. The highest BCUT2D eigenvalue weighted by atomic mass is 35.5. The van der Waals surface area contributed by atoms with E-state index < -0.39 is 0 Å². The number of methoxy groups -OCH3 is 1. The first kappa shape index (κ1) is 17.3. The van der Waals surface area contributed by atoms with Crippen molar-refractivity contribution >= 4 is 12.4 Å². The van der Waals surface area contributed by atoms with Crippen LogP contribution in [0.25, 0.3) is 0 Å². The van der Waals surface area contributed by atoms with Crippen LogP contribution in [-0.2, 0) is 6.54 Å². The van der Waals surface area contributed by atoms with Gasteiger partial charge in [-0.15, -0.1) is 12.4 Å². The number of ether oxygens (including phenoxy) is 1. The Kier molecular flexibility index (Phi) is 7.35. The lowest BCUT2D eigenvalue weighted by atomic mass is 9.94. The highest BCUT2D eigenvalue weighted by Crippen LogP contribution is 2.23. The molecule has 0 spiro atoms. The van der Waals surface area contributed by atoms with E-state index in [0.29, 0.717) is 0 Å². The van der Waals surface area contributed by atoms with Gasteiger partial charge in [-0.1, -0.05) is 12.1 Å². The monoisotopic (exact) mass is 298 g/mol. The minimum Gasteiger partial charge on any atom is -0.496 e. The zero-order valence-electron chi connectivity index (χ0n) is 12.6. The lowest BCUT2D eigenvalue weighted by Crippen LogP contribution is -2.35. The van der Waals surface area contributed by atoms with Crippen LogP contribution in [0.3, 0.4) is 0 Å². The second-order valence-corrected chi connectivity index (χ2v) is 5.62. The molecular formula is C16H27ClN2O. The van der Waals surface area contributed by atoms with Gasteiger partial charge in [-0.3, -0.25) is 4.90 Å². The summed E-state index contributed by atoms with van der Waals surface area (Å²) in [5.74, 6) is 1.77. The molecule has 1 heterocycles. The number of nitrogens with two attached hydrogens (primary N) is 1. The van der Waals surface area contributed by atoms with Gasteiger partial charge in [-0.05, 0) is 62.4 Å². The van der Waals surface area contributed by atoms with Gasteiger partial charge in [0.25, 0.3) is 0 Å². The Labute approximate surface area is 128 Å². The van der Waals surface area contributed by atoms with Gasteiger partial charge >= 0.3 is 0 Å². The predicted molar refractivity (Wildman–Crippen MR) is 86.7 cm³/mol. The van der Waals surface area contributed by atoms with E-state index in [4.69, 9.17) is 10.5 Å². The summed E-state index contributed by atoms with van der Waals surface area (Å²) in [5, 5.41) is 0. The van der Waals surface area contributed by atoms with E-state index in [0.717, 1.165) is 31.2 Å². The Hall–Kier alpha value is -0.770. The molecule has 4 heteroatoms. The fraction of sp³-hybridized carbons (Fsp3) is 0.625. The fourth-order valence-corrected chi connectivity index (χ4v) is 3.06. The Morgan fingerprint density at radius 1 is 1.40 bits per heavy atom. The molecule has 0 aromatic heterocycles. The van der Waals surface area contributed by atoms with Gasteiger partial charge in [0.1, 0.15) is 5.75 Å². The van der Waals surface area contributed by atoms with Gasteiger partial charge in [0.15, 0.2) is 0 Å². The zero-order valence-corrected chi connectivity index (χ0v) is 13.4. The maximum Gasteiger partial charge on any atom is 0.121 e. The number of rotatable bonds is 5. The van der Waals surface area contributed by atoms with Crippen molar-refractivity contribution in [2.45, 2.75) is 32.7 Å². The number of aryl methyl sites for hydroxylation is 1. The van der Waals surface area contributed by atoms with E-state index in [-0.39, 0.29) is 12.4 Å². The van der Waals surface area contributed by atoms with Crippen molar-refractivity contribution in [2.75, 3.05) is 26.7 Å². The summed E-state index contributed by atoms with van der Waals surface area (Å²) in [6, 6.07) is 6.50. The highest BCUT2D eigenvalue weighted by Gasteiger charge is 2.19. The minimum atomic E-state index is 0. The third-order valence-electron chi connectivity index (χ3n) is 4.04. The Morgan fingerprint density at radius 3 is 2.85 bits per heavy atom. The van der Waals surface area contributed by atoms with Crippen LogP contribution in [0.4, 0.5) is 0 Å². The van der Waals surface area contributed by atoms with Gasteiger partial charge in [0.2, 0.25) is 0 Å². The van der Waals surface area contributed by atoms with Crippen LogP contribution < -0.4 is 10.5 Å². The average molecular weight is 299 g/mol. The quantitative estimate of drug-likeness (QED) is 0.908. The molecule has 2 N–H and O–H groups in total. The van der Waals surface area contributed by atoms with Crippen LogP contribution in [0.5, 0.6) is 5.75 Å². The Balaban J connectivity index is 0.00000200. The lowest BCUT2D eigenvalue weighted by molar-refractivity contribution is 0.163. The number of piperidine rings is 1. The SMILES string of the molecule is COc1ccc(CN2CCCC(CCN)C2)cc1C.Cl. The molecule has 0 saturated carbocycles. The van der Waals surface area contributed by atoms with E-state index >= 15 is 0 Å². The molecule has 1 aromatic carbocycles. The summed E-state index contributed by atoms with van der Waals surface area (Å²) in [6.45, 7) is 6.39. The first-order valence-electron chi connectivity index (χ1n) is 7.29. The molecule has 0 amide bonds. The molecule has 1 fully saturated rings. The van der Waals surface area contributed by atoms with Crippen LogP contribution in [0, 0.1) is 12.8 Å². The summed E-state index contributed by atoms with van der Waals surface area (Å²) in [5.41, 5.74) is 8.28. The van der Waals surface area contributed by atoms with Crippen LogP contribution in [-0.4, -0.2) is 31.6 Å². The van der Waals surface area contributed by atoms with Crippen molar-refractivity contribution in [3.63, 3.8) is 0 Å². The normalized spacial score (nSPS) is 19.4. The van der Waals surface area contributed by atoms with E-state index in [9.17, 15) is 0 Å². The second kappa shape index (κ2) is 8.50. The highest BCUT2D eigenvalue weighted by molar-refractivity contribution is 5.85. The van der Waals surface area contributed by atoms with Gasteiger partial charge in [0.05, 0.1) is 7.11 Å². The number of nitrogens with zero attached hydrogens (tertiary/aromatic N) is 1. The van der Waals surface area contributed by atoms with Crippen LogP contribution in [0.2, 0.25) is 0 Å². The first-order chi connectivity index (χ1) is 9.22. The fourth-order valence-electron chi connectivity index (χ4n) is 3.06. The van der Waals surface area contributed by atoms with E-state index in [1.165, 1.54) is 37.1 Å². The number of likely N-dealkylation sites (tertiary alicyclic amines) is 1. The molecule has 0 bridgehead atoms. The largest absolute Gasteiger partial charge is 0.496 e. The maximum absolute atomic E-state index is 5.68. The third kappa shape index (κ3) is 4.65. The lowest BCUT2D eigenvalue weighted by Gasteiger charge is -2.32. The average Bonchev–Trinajstić information content (AvgIpc) is 2.40. The summed E-state index contributed by atoms with van der Waals surface area (Å²) in [6.07, 6.45) is 3.81. The van der Waals surface area contributed by atoms with E-state index in [1.807, 2.05) is 0 Å². The van der Waals surface area contributed by atoms with E-state index in [1.54, 1.807) is 7.11 Å². The molecule has 1 aliphatic rings. The van der Waals surface area contributed by atoms with Crippen molar-refractivity contribution in [2.24, 2.45) is 11.7 Å². The molecule has 114 valence electrons. The zero-order chi connectivity index (χ0) is 13.7. The van der Waals surface area contributed by atoms with Crippen LogP contribution in [0.1, 0.15) is 30.4 Å². The molecule has 0 aliphatic carbocycles. The minimum absolute atomic E-state index is 0. The summed E-state index contributed by atoms with van der Waals surface area (Å²) >= 11 is 0. The molecule has 1 aliphatic heterocycles. The van der Waals surface area contributed by atoms with Crippen LogP contribution in [0.15, 0.2) is 18.2 Å². The molecule has 1 unspecified atom stereocenters. The van der Waals surface area contributed by atoms with Crippen molar-refractivity contribution in [3.05, 3.63) is 29.3 Å². The molecule has 1 saturated heterocycles. The molecule has 20 heavy (non-hydrogen) atoms. The molecule has 0 radical (unpaired) electrons. The smallest absolute Gasteiger partial charge is 0.121 e. The molecule has 2 rings (SSSR count). The van der Waals surface area contributed by atoms with Crippen molar-refractivity contribution in [1.29, 1.82) is 0 Å². The van der Waals surface area contributed by atoms with E-state index in [2.05, 4.69) is 30.0 Å². The molecule has 1 atom stereocenters.